The summed E-state index contributed by atoms with van der Waals surface area (Å²) in [7, 11) is 0. The molecular weight excluding hydrogens is 374 g/mol. The molecule has 0 fully saturated rings. The fraction of sp³-hybridized carbons (Fsp3) is 0.409. The van der Waals surface area contributed by atoms with Crippen molar-refractivity contribution in [2.75, 3.05) is 6.61 Å². The molecule has 0 saturated heterocycles. The Morgan fingerprint density at radius 2 is 1.86 bits per heavy atom. The SMILES string of the molecule is CCOC(=O)C1=C(N)OC2=C(C(=O)CC(C)(C)C2)C1c1ccc(OC(C)=O)cc1. The van der Waals surface area contributed by atoms with Gasteiger partial charge in [-0.05, 0) is 30.0 Å². The molecule has 2 N–H and O–H groups in total. The number of hydrogen-bond acceptors (Lipinski definition) is 7. The first-order valence-corrected chi connectivity index (χ1v) is 9.52. The van der Waals surface area contributed by atoms with Crippen LogP contribution in [0.1, 0.15) is 52.0 Å². The van der Waals surface area contributed by atoms with Crippen molar-refractivity contribution in [3.63, 3.8) is 0 Å². The molecule has 0 bridgehead atoms. The highest BCUT2D eigenvalue weighted by atomic mass is 16.5. The summed E-state index contributed by atoms with van der Waals surface area (Å²) in [6.45, 7) is 7.15. The second-order valence-electron chi connectivity index (χ2n) is 7.97. The Labute approximate surface area is 169 Å². The minimum atomic E-state index is -0.701. The molecule has 7 heteroatoms. The van der Waals surface area contributed by atoms with E-state index in [0.29, 0.717) is 35.5 Å². The summed E-state index contributed by atoms with van der Waals surface area (Å²) in [5.74, 6) is -1.04. The maximum absolute atomic E-state index is 13.1. The Hall–Kier alpha value is -3.09. The van der Waals surface area contributed by atoms with E-state index in [0.717, 1.165) is 0 Å². The molecule has 1 aromatic carbocycles. The molecule has 1 aliphatic carbocycles. The third-order valence-electron chi connectivity index (χ3n) is 4.93. The highest BCUT2D eigenvalue weighted by Crippen LogP contribution is 2.48. The molecule has 3 rings (SSSR count). The van der Waals surface area contributed by atoms with E-state index in [1.807, 2.05) is 13.8 Å². The van der Waals surface area contributed by atoms with Gasteiger partial charge < -0.3 is 19.9 Å². The number of ether oxygens (including phenoxy) is 3. The Morgan fingerprint density at radius 1 is 1.21 bits per heavy atom. The maximum Gasteiger partial charge on any atom is 0.340 e. The predicted molar refractivity (Wildman–Crippen MR) is 104 cm³/mol. The van der Waals surface area contributed by atoms with Gasteiger partial charge in [0, 0.05) is 25.3 Å². The smallest absolute Gasteiger partial charge is 0.340 e. The van der Waals surface area contributed by atoms with Crippen LogP contribution < -0.4 is 10.5 Å². The van der Waals surface area contributed by atoms with Crippen molar-refractivity contribution in [2.24, 2.45) is 11.1 Å². The molecule has 1 heterocycles. The zero-order chi connectivity index (χ0) is 21.3. The van der Waals surface area contributed by atoms with Crippen LogP contribution in [0.25, 0.3) is 0 Å². The molecular formula is C22H25NO6. The summed E-state index contributed by atoms with van der Waals surface area (Å²) >= 11 is 0. The summed E-state index contributed by atoms with van der Waals surface area (Å²) in [5.41, 5.74) is 7.06. The van der Waals surface area contributed by atoms with Gasteiger partial charge in [0.2, 0.25) is 5.88 Å². The van der Waals surface area contributed by atoms with E-state index >= 15 is 0 Å². The van der Waals surface area contributed by atoms with E-state index in [1.54, 1.807) is 31.2 Å². The van der Waals surface area contributed by atoms with Gasteiger partial charge in [-0.1, -0.05) is 26.0 Å². The van der Waals surface area contributed by atoms with E-state index in [9.17, 15) is 14.4 Å². The quantitative estimate of drug-likeness (QED) is 0.613. The van der Waals surface area contributed by atoms with E-state index in [1.165, 1.54) is 6.92 Å². The highest BCUT2D eigenvalue weighted by Gasteiger charge is 2.45. The van der Waals surface area contributed by atoms with Gasteiger partial charge in [0.1, 0.15) is 17.1 Å². The first-order valence-electron chi connectivity index (χ1n) is 9.52. The lowest BCUT2D eigenvalue weighted by atomic mass is 9.70. The second-order valence-corrected chi connectivity index (χ2v) is 7.97. The van der Waals surface area contributed by atoms with Crippen LogP contribution in [-0.4, -0.2) is 24.3 Å². The van der Waals surface area contributed by atoms with Crippen LogP contribution in [0.5, 0.6) is 5.75 Å². The minimum absolute atomic E-state index is 0.0539. The molecule has 7 nitrogen and oxygen atoms in total. The molecule has 1 aliphatic heterocycles. The molecule has 154 valence electrons. The highest BCUT2D eigenvalue weighted by molar-refractivity contribution is 6.03. The summed E-state index contributed by atoms with van der Waals surface area (Å²) in [5, 5.41) is 0. The Kier molecular flexibility index (Phi) is 5.50. The fourth-order valence-corrected chi connectivity index (χ4v) is 3.82. The lowest BCUT2D eigenvalue weighted by Crippen LogP contribution is -2.35. The number of carbonyl (C=O) groups excluding carboxylic acids is 3. The Bertz CT molecular complexity index is 923. The number of benzene rings is 1. The van der Waals surface area contributed by atoms with Crippen molar-refractivity contribution >= 4 is 17.7 Å². The maximum atomic E-state index is 13.1. The van der Waals surface area contributed by atoms with E-state index < -0.39 is 17.9 Å². The zero-order valence-electron chi connectivity index (χ0n) is 17.0. The van der Waals surface area contributed by atoms with Crippen molar-refractivity contribution < 1.29 is 28.6 Å². The molecule has 0 saturated carbocycles. The average Bonchev–Trinajstić information content (AvgIpc) is 2.59. The summed E-state index contributed by atoms with van der Waals surface area (Å²) in [6, 6.07) is 6.64. The van der Waals surface area contributed by atoms with E-state index in [2.05, 4.69) is 0 Å². The van der Waals surface area contributed by atoms with Crippen molar-refractivity contribution in [3.05, 3.63) is 52.6 Å². The summed E-state index contributed by atoms with van der Waals surface area (Å²) in [4.78, 5) is 36.9. The average molecular weight is 399 g/mol. The molecule has 0 amide bonds. The molecule has 2 aliphatic rings. The van der Waals surface area contributed by atoms with Gasteiger partial charge >= 0.3 is 11.9 Å². The molecule has 0 radical (unpaired) electrons. The predicted octanol–water partition coefficient (Wildman–Crippen LogP) is 3.10. The van der Waals surface area contributed by atoms with Crippen LogP contribution in [0.4, 0.5) is 0 Å². The fourth-order valence-electron chi connectivity index (χ4n) is 3.82. The van der Waals surface area contributed by atoms with E-state index in [4.69, 9.17) is 19.9 Å². The Balaban J connectivity index is 2.11. The third-order valence-corrected chi connectivity index (χ3v) is 4.93. The molecule has 1 atom stereocenters. The van der Waals surface area contributed by atoms with Crippen LogP contribution in [-0.2, 0) is 23.9 Å². The second kappa shape index (κ2) is 7.73. The minimum Gasteiger partial charge on any atom is -0.462 e. The topological polar surface area (TPSA) is 105 Å². The molecule has 0 spiro atoms. The van der Waals surface area contributed by atoms with Crippen molar-refractivity contribution in [3.8, 4) is 5.75 Å². The Morgan fingerprint density at radius 3 is 2.45 bits per heavy atom. The molecule has 1 unspecified atom stereocenters. The molecule has 1 aromatic rings. The number of ketones is 1. The number of Topliss-reactive ketones (excluding diaryl/α,β-unsaturated/α-hetero) is 1. The van der Waals surface area contributed by atoms with Gasteiger partial charge in [-0.2, -0.15) is 0 Å². The van der Waals surface area contributed by atoms with Crippen LogP contribution in [0.2, 0.25) is 0 Å². The number of allylic oxidation sites excluding steroid dienone is 2. The van der Waals surface area contributed by atoms with Gasteiger partial charge in [-0.3, -0.25) is 9.59 Å². The third kappa shape index (κ3) is 4.18. The number of hydrogen-bond donors (Lipinski definition) is 1. The first-order chi connectivity index (χ1) is 13.6. The monoisotopic (exact) mass is 399 g/mol. The summed E-state index contributed by atoms with van der Waals surface area (Å²) in [6.07, 6.45) is 0.875. The molecule has 0 aromatic heterocycles. The largest absolute Gasteiger partial charge is 0.462 e. The number of rotatable bonds is 4. The van der Waals surface area contributed by atoms with Gasteiger partial charge in [0.15, 0.2) is 5.78 Å². The van der Waals surface area contributed by atoms with Crippen LogP contribution in [0.3, 0.4) is 0 Å². The standard InChI is InChI=1S/C22H25NO6/c1-5-27-21(26)19-17(13-6-8-14(9-7-13)28-12(2)24)18-15(25)10-22(3,4)11-16(18)29-20(19)23/h6-9,17H,5,10-11,23H2,1-4H3. The van der Waals surface area contributed by atoms with Crippen molar-refractivity contribution in [1.29, 1.82) is 0 Å². The first kappa shape index (κ1) is 20.6. The van der Waals surface area contributed by atoms with Gasteiger partial charge in [-0.15, -0.1) is 0 Å². The normalized spacial score (nSPS) is 20.7. The lowest BCUT2D eigenvalue weighted by Gasteiger charge is -2.37. The summed E-state index contributed by atoms with van der Waals surface area (Å²) < 4.78 is 16.0. The van der Waals surface area contributed by atoms with Crippen LogP contribution in [0, 0.1) is 5.41 Å². The van der Waals surface area contributed by atoms with Gasteiger partial charge in [0.25, 0.3) is 0 Å². The van der Waals surface area contributed by atoms with Crippen LogP contribution in [0.15, 0.2) is 47.1 Å². The number of carbonyl (C=O) groups is 3. The number of nitrogens with two attached hydrogens (primary N) is 1. The van der Waals surface area contributed by atoms with Gasteiger partial charge in [0.05, 0.1) is 12.5 Å². The van der Waals surface area contributed by atoms with Crippen molar-refractivity contribution in [1.82, 2.24) is 0 Å². The lowest BCUT2D eigenvalue weighted by molar-refractivity contribution is -0.139. The zero-order valence-corrected chi connectivity index (χ0v) is 17.0. The van der Waals surface area contributed by atoms with Crippen molar-refractivity contribution in [2.45, 2.75) is 46.5 Å². The van der Waals surface area contributed by atoms with E-state index in [-0.39, 0.29) is 29.3 Å². The van der Waals surface area contributed by atoms with Gasteiger partial charge in [-0.25, -0.2) is 4.79 Å². The number of esters is 2. The van der Waals surface area contributed by atoms with Crippen LogP contribution >= 0.6 is 0 Å². The molecule has 29 heavy (non-hydrogen) atoms.